The summed E-state index contributed by atoms with van der Waals surface area (Å²) in [6.45, 7) is 6.28. The van der Waals surface area contributed by atoms with Gasteiger partial charge < -0.3 is 24.3 Å². The lowest BCUT2D eigenvalue weighted by Crippen LogP contribution is -2.55. The molecular weight excluding hydrogens is 396 g/mol. The number of nitrogens with one attached hydrogen (secondary N) is 1. The summed E-state index contributed by atoms with van der Waals surface area (Å²) in [5.41, 5.74) is -0.0214. The monoisotopic (exact) mass is 426 g/mol. The van der Waals surface area contributed by atoms with Crippen molar-refractivity contribution in [2.45, 2.75) is 44.9 Å². The number of rotatable bonds is 5. The number of hydrogen-bond acceptors (Lipinski definition) is 5. The van der Waals surface area contributed by atoms with E-state index in [-0.39, 0.29) is 11.8 Å². The number of piperidine rings is 1. The van der Waals surface area contributed by atoms with Gasteiger partial charge in [-0.25, -0.2) is 4.98 Å². The molecule has 8 nitrogen and oxygen atoms in total. The van der Waals surface area contributed by atoms with E-state index in [1.807, 2.05) is 15.7 Å². The van der Waals surface area contributed by atoms with Gasteiger partial charge in [0.05, 0.1) is 13.7 Å². The quantitative estimate of drug-likeness (QED) is 0.792. The van der Waals surface area contributed by atoms with Crippen LogP contribution in [0.3, 0.4) is 0 Å². The van der Waals surface area contributed by atoms with Gasteiger partial charge in [0.2, 0.25) is 0 Å². The molecule has 1 fully saturated rings. The zero-order valence-electron chi connectivity index (χ0n) is 18.3. The van der Waals surface area contributed by atoms with Crippen LogP contribution in [0.4, 0.5) is 0 Å². The second-order valence-electron chi connectivity index (χ2n) is 8.66. The van der Waals surface area contributed by atoms with Crippen LogP contribution in [0, 0.1) is 5.92 Å². The lowest BCUT2D eigenvalue weighted by atomic mass is 9.88. The van der Waals surface area contributed by atoms with E-state index < -0.39 is 11.7 Å². The number of likely N-dealkylation sites (tertiary alicyclic amines) is 1. The van der Waals surface area contributed by atoms with Crippen LogP contribution in [0.25, 0.3) is 0 Å². The molecular formula is C23H30N4O4. The van der Waals surface area contributed by atoms with Crippen molar-refractivity contribution in [2.75, 3.05) is 26.7 Å². The summed E-state index contributed by atoms with van der Waals surface area (Å²) in [6, 6.07) is 7.15. The Morgan fingerprint density at radius 1 is 1.26 bits per heavy atom. The highest BCUT2D eigenvalue weighted by molar-refractivity contribution is 5.94. The Morgan fingerprint density at radius 3 is 2.61 bits per heavy atom. The minimum absolute atomic E-state index is 0.0112. The highest BCUT2D eigenvalue weighted by Gasteiger charge is 2.47. The van der Waals surface area contributed by atoms with Gasteiger partial charge in [-0.05, 0) is 30.2 Å². The molecule has 1 aromatic heterocycles. The average Bonchev–Trinajstić information content (AvgIpc) is 3.27. The van der Waals surface area contributed by atoms with Gasteiger partial charge in [0.15, 0.2) is 6.10 Å². The first-order chi connectivity index (χ1) is 14.9. The lowest BCUT2D eigenvalue weighted by Gasteiger charge is -2.45. The smallest absolute Gasteiger partial charge is 0.253 e. The van der Waals surface area contributed by atoms with Crippen LogP contribution >= 0.6 is 0 Å². The average molecular weight is 427 g/mol. The predicted molar refractivity (Wildman–Crippen MR) is 115 cm³/mol. The van der Waals surface area contributed by atoms with E-state index >= 15 is 0 Å². The summed E-state index contributed by atoms with van der Waals surface area (Å²) in [7, 11) is 1.60. The molecule has 1 saturated heterocycles. The standard InChI is InChI=1S/C23H30N4O4/c1-16(2)14-25-20(28)19-15-27-13-10-24-22(27)23(31-19)8-11-26(12-9-23)21(29)17-4-6-18(30-3)7-5-17/h4-7,10,13,16,19H,8-9,11-12,14-15H2,1-3H3,(H,25,28). The Bertz CT molecular complexity index is 929. The van der Waals surface area contributed by atoms with Gasteiger partial charge in [-0.2, -0.15) is 0 Å². The molecule has 2 aliphatic heterocycles. The zero-order chi connectivity index (χ0) is 22.0. The Kier molecular flexibility index (Phi) is 6.00. The van der Waals surface area contributed by atoms with Crippen molar-refractivity contribution in [1.29, 1.82) is 0 Å². The van der Waals surface area contributed by atoms with E-state index in [0.717, 1.165) is 11.6 Å². The number of hydrogen-bond donors (Lipinski definition) is 1. The minimum atomic E-state index is -0.654. The van der Waals surface area contributed by atoms with Crippen LogP contribution in [0.5, 0.6) is 5.75 Å². The van der Waals surface area contributed by atoms with Gasteiger partial charge in [-0.15, -0.1) is 0 Å². The highest BCUT2D eigenvalue weighted by Crippen LogP contribution is 2.40. The van der Waals surface area contributed by atoms with Crippen molar-refractivity contribution in [1.82, 2.24) is 19.8 Å². The third-order valence-electron chi connectivity index (χ3n) is 6.03. The van der Waals surface area contributed by atoms with E-state index in [4.69, 9.17) is 9.47 Å². The van der Waals surface area contributed by atoms with Gasteiger partial charge >= 0.3 is 0 Å². The van der Waals surface area contributed by atoms with Crippen LogP contribution in [-0.2, 0) is 21.7 Å². The van der Waals surface area contributed by atoms with Gasteiger partial charge in [0, 0.05) is 50.4 Å². The van der Waals surface area contributed by atoms with Crippen molar-refractivity contribution >= 4 is 11.8 Å². The highest BCUT2D eigenvalue weighted by atomic mass is 16.5. The SMILES string of the molecule is COc1ccc(C(=O)N2CCC3(CC2)OC(C(=O)NCC(C)C)Cn2ccnc23)cc1. The van der Waals surface area contributed by atoms with Crippen LogP contribution in [0.2, 0.25) is 0 Å². The molecule has 8 heteroatoms. The third kappa shape index (κ3) is 4.30. The molecule has 1 N–H and O–H groups in total. The van der Waals surface area contributed by atoms with Gasteiger partial charge in [0.25, 0.3) is 11.8 Å². The van der Waals surface area contributed by atoms with Crippen LogP contribution in [0.1, 0.15) is 42.9 Å². The van der Waals surface area contributed by atoms with Crippen LogP contribution in [0.15, 0.2) is 36.7 Å². The molecule has 2 aliphatic rings. The summed E-state index contributed by atoms with van der Waals surface area (Å²) < 4.78 is 13.6. The van der Waals surface area contributed by atoms with Crippen LogP contribution < -0.4 is 10.1 Å². The number of fused-ring (bicyclic) bond motifs is 2. The van der Waals surface area contributed by atoms with Crippen molar-refractivity contribution in [2.24, 2.45) is 5.92 Å². The van der Waals surface area contributed by atoms with E-state index in [1.54, 1.807) is 37.6 Å². The molecule has 0 radical (unpaired) electrons. The van der Waals surface area contributed by atoms with Gasteiger partial charge in [0.1, 0.15) is 17.2 Å². The molecule has 3 heterocycles. The molecule has 31 heavy (non-hydrogen) atoms. The summed E-state index contributed by atoms with van der Waals surface area (Å²) in [6.07, 6.45) is 4.28. The van der Waals surface area contributed by atoms with E-state index in [9.17, 15) is 9.59 Å². The molecule has 1 unspecified atom stereocenters. The van der Waals surface area contributed by atoms with Crippen molar-refractivity contribution in [3.63, 3.8) is 0 Å². The first-order valence-corrected chi connectivity index (χ1v) is 10.8. The van der Waals surface area contributed by atoms with Crippen molar-refractivity contribution < 1.29 is 19.1 Å². The Morgan fingerprint density at radius 2 is 1.97 bits per heavy atom. The second kappa shape index (κ2) is 8.70. The number of amides is 2. The van der Waals surface area contributed by atoms with Crippen molar-refractivity contribution in [3.8, 4) is 5.75 Å². The molecule has 0 saturated carbocycles. The zero-order valence-corrected chi connectivity index (χ0v) is 18.3. The lowest BCUT2D eigenvalue weighted by molar-refractivity contribution is -0.172. The largest absolute Gasteiger partial charge is 0.497 e. The number of ether oxygens (including phenoxy) is 2. The van der Waals surface area contributed by atoms with E-state index in [1.165, 1.54) is 0 Å². The summed E-state index contributed by atoms with van der Waals surface area (Å²) in [5, 5.41) is 2.98. The van der Waals surface area contributed by atoms with Gasteiger partial charge in [-0.3, -0.25) is 9.59 Å². The molecule has 2 aromatic rings. The Labute approximate surface area is 182 Å². The normalized spacial score (nSPS) is 19.9. The Balaban J connectivity index is 1.47. The molecule has 1 atom stereocenters. The van der Waals surface area contributed by atoms with E-state index in [0.29, 0.717) is 50.5 Å². The second-order valence-corrected chi connectivity index (χ2v) is 8.66. The topological polar surface area (TPSA) is 85.7 Å². The summed E-state index contributed by atoms with van der Waals surface area (Å²) >= 11 is 0. The molecule has 1 spiro atoms. The molecule has 0 aliphatic carbocycles. The van der Waals surface area contributed by atoms with Crippen LogP contribution in [-0.4, -0.2) is 59.1 Å². The maximum absolute atomic E-state index is 12.9. The summed E-state index contributed by atoms with van der Waals surface area (Å²) in [5.74, 6) is 1.83. The molecule has 166 valence electrons. The third-order valence-corrected chi connectivity index (χ3v) is 6.03. The van der Waals surface area contributed by atoms with E-state index in [2.05, 4.69) is 24.1 Å². The number of benzene rings is 1. The number of nitrogens with zero attached hydrogens (tertiary/aromatic N) is 3. The fourth-order valence-electron chi connectivity index (χ4n) is 4.28. The molecule has 1 aromatic carbocycles. The maximum atomic E-state index is 12.9. The predicted octanol–water partition coefficient (Wildman–Crippen LogP) is 2.19. The number of imidazole rings is 1. The molecule has 4 rings (SSSR count). The number of carbonyl (C=O) groups excluding carboxylic acids is 2. The minimum Gasteiger partial charge on any atom is -0.497 e. The Hall–Kier alpha value is -2.87. The fraction of sp³-hybridized carbons (Fsp3) is 0.522. The first-order valence-electron chi connectivity index (χ1n) is 10.8. The maximum Gasteiger partial charge on any atom is 0.253 e. The number of aromatic nitrogens is 2. The molecule has 2 amide bonds. The number of carbonyl (C=O) groups is 2. The number of methoxy groups -OCH3 is 1. The molecule has 0 bridgehead atoms. The van der Waals surface area contributed by atoms with Gasteiger partial charge in [-0.1, -0.05) is 13.8 Å². The summed E-state index contributed by atoms with van der Waals surface area (Å²) in [4.78, 5) is 32.0. The van der Waals surface area contributed by atoms with Crippen molar-refractivity contribution in [3.05, 3.63) is 48.0 Å². The fourth-order valence-corrected chi connectivity index (χ4v) is 4.28. The first kappa shape index (κ1) is 21.4.